The molecule has 1 aromatic carbocycles. The van der Waals surface area contributed by atoms with Gasteiger partial charge >= 0.3 is 5.97 Å². The normalized spacial score (nSPS) is 14.1. The maximum atomic E-state index is 12.9. The second-order valence-corrected chi connectivity index (χ2v) is 8.51. The fraction of sp³-hybridized carbons (Fsp3) is 0.435. The molecule has 0 saturated carbocycles. The molecule has 2 aromatic rings. The van der Waals surface area contributed by atoms with Gasteiger partial charge < -0.3 is 48.3 Å². The van der Waals surface area contributed by atoms with Gasteiger partial charge in [0.05, 0.1) is 12.6 Å². The Kier molecular flexibility index (Phi) is 10.8. The zero-order chi connectivity index (χ0) is 27.5. The molecule has 0 spiro atoms. The molecule has 37 heavy (non-hydrogen) atoms. The molecule has 3 amide bonds. The van der Waals surface area contributed by atoms with Gasteiger partial charge in [-0.25, -0.2) is 4.79 Å². The number of carbonyl (C=O) groups excluding carboxylic acids is 3. The Bertz CT molecular complexity index is 1130. The van der Waals surface area contributed by atoms with Crippen molar-refractivity contribution in [3.63, 3.8) is 0 Å². The number of carboxylic acids is 1. The molecule has 2 rings (SSSR count). The van der Waals surface area contributed by atoms with Crippen molar-refractivity contribution in [2.45, 2.75) is 50.4 Å². The fourth-order valence-corrected chi connectivity index (χ4v) is 3.53. The summed E-state index contributed by atoms with van der Waals surface area (Å²) in [4.78, 5) is 56.4. The Hall–Kier alpha value is -4.17. The minimum absolute atomic E-state index is 0.0327. The van der Waals surface area contributed by atoms with Crippen molar-refractivity contribution in [2.24, 2.45) is 22.2 Å². The second kappa shape index (κ2) is 13.8. The van der Waals surface area contributed by atoms with Gasteiger partial charge in [0.2, 0.25) is 17.7 Å². The molecular weight excluding hydrogens is 484 g/mol. The van der Waals surface area contributed by atoms with Crippen LogP contribution >= 0.6 is 0 Å². The molecule has 0 aliphatic heterocycles. The van der Waals surface area contributed by atoms with Crippen LogP contribution in [0, 0.1) is 0 Å². The predicted octanol–water partition coefficient (Wildman–Crippen LogP) is -2.36. The lowest BCUT2D eigenvalue weighted by Crippen LogP contribution is -2.58. The topological polar surface area (TPSA) is 251 Å². The van der Waals surface area contributed by atoms with Crippen molar-refractivity contribution < 1.29 is 29.4 Å². The summed E-state index contributed by atoms with van der Waals surface area (Å²) in [5.41, 5.74) is 17.6. The highest BCUT2D eigenvalue weighted by atomic mass is 16.4. The molecule has 0 bridgehead atoms. The van der Waals surface area contributed by atoms with E-state index in [2.05, 4.69) is 25.9 Å². The molecule has 0 aliphatic carbocycles. The summed E-state index contributed by atoms with van der Waals surface area (Å²) in [5, 5.41) is 27.4. The Morgan fingerprint density at radius 2 is 1.62 bits per heavy atom. The highest BCUT2D eigenvalue weighted by Gasteiger charge is 2.30. The zero-order valence-corrected chi connectivity index (χ0v) is 20.4. The van der Waals surface area contributed by atoms with Gasteiger partial charge in [-0.05, 0) is 31.4 Å². The fourth-order valence-electron chi connectivity index (χ4n) is 3.53. The third-order valence-corrected chi connectivity index (χ3v) is 5.52. The van der Waals surface area contributed by atoms with Gasteiger partial charge in [-0.15, -0.1) is 0 Å². The Balaban J connectivity index is 2.08. The Labute approximate surface area is 213 Å². The third kappa shape index (κ3) is 8.77. The number of rotatable bonds is 14. The summed E-state index contributed by atoms with van der Waals surface area (Å²) in [7, 11) is 0. The van der Waals surface area contributed by atoms with E-state index in [1.54, 1.807) is 6.20 Å². The molecule has 0 aliphatic rings. The molecule has 202 valence electrons. The van der Waals surface area contributed by atoms with Gasteiger partial charge in [0.25, 0.3) is 0 Å². The van der Waals surface area contributed by atoms with Gasteiger partial charge in [0, 0.05) is 30.1 Å². The van der Waals surface area contributed by atoms with E-state index >= 15 is 0 Å². The van der Waals surface area contributed by atoms with Crippen molar-refractivity contribution in [3.05, 3.63) is 36.0 Å². The van der Waals surface area contributed by atoms with Crippen molar-refractivity contribution >= 4 is 40.6 Å². The first-order valence-electron chi connectivity index (χ1n) is 11.6. The number of aliphatic imine (C=N–C) groups is 1. The van der Waals surface area contributed by atoms with Crippen molar-refractivity contribution in [1.82, 2.24) is 20.9 Å². The predicted molar refractivity (Wildman–Crippen MR) is 136 cm³/mol. The number of aliphatic carboxylic acids is 1. The summed E-state index contributed by atoms with van der Waals surface area (Å²) < 4.78 is 0. The van der Waals surface area contributed by atoms with Crippen LogP contribution in [0.1, 0.15) is 25.3 Å². The molecule has 4 atom stereocenters. The second-order valence-electron chi connectivity index (χ2n) is 8.51. The number of hydrogen-bond acceptors (Lipinski definition) is 7. The van der Waals surface area contributed by atoms with Crippen LogP contribution < -0.4 is 33.2 Å². The van der Waals surface area contributed by atoms with Crippen LogP contribution in [0.25, 0.3) is 10.9 Å². The van der Waals surface area contributed by atoms with Crippen LogP contribution in [0.4, 0.5) is 0 Å². The molecule has 1 heterocycles. The van der Waals surface area contributed by atoms with Gasteiger partial charge in [-0.3, -0.25) is 19.4 Å². The van der Waals surface area contributed by atoms with Crippen molar-refractivity contribution in [3.8, 4) is 0 Å². The van der Waals surface area contributed by atoms with E-state index in [0.717, 1.165) is 10.9 Å². The minimum atomic E-state index is -1.47. The van der Waals surface area contributed by atoms with Gasteiger partial charge in [0.1, 0.15) is 18.1 Å². The molecular formula is C23H34N8O6. The lowest BCUT2D eigenvalue weighted by Gasteiger charge is -2.24. The van der Waals surface area contributed by atoms with E-state index in [9.17, 15) is 29.4 Å². The van der Waals surface area contributed by atoms with E-state index in [1.165, 1.54) is 6.92 Å². The minimum Gasteiger partial charge on any atom is -0.480 e. The number of nitrogens with two attached hydrogens (primary N) is 3. The van der Waals surface area contributed by atoms with Crippen LogP contribution in [0.3, 0.4) is 0 Å². The van der Waals surface area contributed by atoms with E-state index < -0.39 is 54.5 Å². The number of carbonyl (C=O) groups is 4. The lowest BCUT2D eigenvalue weighted by molar-refractivity contribution is -0.142. The number of H-pyrrole nitrogens is 1. The van der Waals surface area contributed by atoms with E-state index in [1.807, 2.05) is 24.3 Å². The number of hydrogen-bond donors (Lipinski definition) is 9. The number of aliphatic hydroxyl groups is 1. The molecule has 14 nitrogen and oxygen atoms in total. The molecule has 0 saturated heterocycles. The van der Waals surface area contributed by atoms with Crippen molar-refractivity contribution in [2.75, 3.05) is 13.2 Å². The van der Waals surface area contributed by atoms with Crippen molar-refractivity contribution in [1.29, 1.82) is 0 Å². The summed E-state index contributed by atoms with van der Waals surface area (Å²) in [5.74, 6) is -3.68. The van der Waals surface area contributed by atoms with Crippen LogP contribution in [-0.2, 0) is 25.6 Å². The number of aliphatic hydroxyl groups excluding tert-OH is 1. The number of nitrogens with zero attached hydrogens (tertiary/aromatic N) is 1. The summed E-state index contributed by atoms with van der Waals surface area (Å²) in [6.45, 7) is 0.824. The zero-order valence-electron chi connectivity index (χ0n) is 20.4. The highest BCUT2D eigenvalue weighted by Crippen LogP contribution is 2.19. The number of aromatic nitrogens is 1. The smallest absolute Gasteiger partial charge is 0.326 e. The van der Waals surface area contributed by atoms with Crippen LogP contribution in [0.2, 0.25) is 0 Å². The number of guanidine groups is 1. The average molecular weight is 519 g/mol. The molecule has 0 radical (unpaired) electrons. The highest BCUT2D eigenvalue weighted by molar-refractivity contribution is 5.94. The number of amides is 3. The lowest BCUT2D eigenvalue weighted by atomic mass is 10.0. The van der Waals surface area contributed by atoms with Crippen LogP contribution in [-0.4, -0.2) is 82.2 Å². The van der Waals surface area contributed by atoms with Crippen LogP contribution in [0.15, 0.2) is 35.5 Å². The maximum Gasteiger partial charge on any atom is 0.326 e. The van der Waals surface area contributed by atoms with Crippen LogP contribution in [0.5, 0.6) is 0 Å². The number of nitrogens with one attached hydrogen (secondary N) is 4. The monoisotopic (exact) mass is 518 g/mol. The summed E-state index contributed by atoms with van der Waals surface area (Å²) in [6, 6.07) is 2.50. The SMILES string of the molecule is CC(N)C(=O)NC(CCCN=C(N)N)C(=O)NC(CO)C(=O)NC(Cc1c[nH]c2ccccc12)C(=O)O. The Morgan fingerprint density at radius 1 is 1.00 bits per heavy atom. The molecule has 0 fully saturated rings. The van der Waals surface area contributed by atoms with Gasteiger partial charge in [0.15, 0.2) is 5.96 Å². The number of aromatic amines is 1. The first-order valence-corrected chi connectivity index (χ1v) is 11.6. The number of carboxylic acid groups (broad SMARTS) is 1. The first kappa shape index (κ1) is 29.1. The quantitative estimate of drug-likeness (QED) is 0.0735. The van der Waals surface area contributed by atoms with E-state index in [0.29, 0.717) is 12.0 Å². The third-order valence-electron chi connectivity index (χ3n) is 5.52. The van der Waals surface area contributed by atoms with E-state index in [-0.39, 0.29) is 25.3 Å². The molecule has 14 heteroatoms. The molecule has 12 N–H and O–H groups in total. The number of benzene rings is 1. The summed E-state index contributed by atoms with van der Waals surface area (Å²) >= 11 is 0. The van der Waals surface area contributed by atoms with Gasteiger partial charge in [-0.2, -0.15) is 0 Å². The van der Waals surface area contributed by atoms with E-state index in [4.69, 9.17) is 17.2 Å². The molecule has 1 aromatic heterocycles. The summed E-state index contributed by atoms with van der Waals surface area (Å²) in [6.07, 6.45) is 2.05. The van der Waals surface area contributed by atoms with Gasteiger partial charge in [-0.1, -0.05) is 18.2 Å². The number of para-hydroxylation sites is 1. The molecule has 4 unspecified atom stereocenters. The largest absolute Gasteiger partial charge is 0.480 e. The number of fused-ring (bicyclic) bond motifs is 1. The Morgan fingerprint density at radius 3 is 2.24 bits per heavy atom. The first-order chi connectivity index (χ1) is 17.5. The maximum absolute atomic E-state index is 12.9. The standard InChI is InChI=1S/C23H34N8O6/c1-12(24)19(33)29-16(7-4-8-27-23(25)26)20(34)31-18(11-32)21(35)30-17(22(36)37)9-13-10-28-15-6-3-2-5-14(13)15/h2-3,5-6,10,12,16-18,28,32H,4,7-9,11,24H2,1H3,(H,29,33)(H,30,35)(H,31,34)(H,36,37)(H4,25,26,27). The average Bonchev–Trinajstić information content (AvgIpc) is 3.26.